The van der Waals surface area contributed by atoms with Crippen LogP contribution in [0.5, 0.6) is 5.75 Å². The van der Waals surface area contributed by atoms with Crippen molar-refractivity contribution in [3.8, 4) is 5.75 Å². The van der Waals surface area contributed by atoms with Crippen molar-refractivity contribution in [1.82, 2.24) is 15.8 Å². The molecule has 2 saturated heterocycles. The Hall–Kier alpha value is -3.16. The quantitative estimate of drug-likeness (QED) is 0.599. The minimum atomic E-state index is -0.477. The first-order valence-electron chi connectivity index (χ1n) is 10.3. The van der Waals surface area contributed by atoms with E-state index in [0.717, 1.165) is 22.3 Å². The molecule has 1 aromatic heterocycles. The highest BCUT2D eigenvalue weighted by Crippen LogP contribution is 2.49. The van der Waals surface area contributed by atoms with Crippen molar-refractivity contribution in [2.24, 2.45) is 5.92 Å². The lowest BCUT2D eigenvalue weighted by Gasteiger charge is -2.31. The van der Waals surface area contributed by atoms with Crippen LogP contribution in [0.2, 0.25) is 0 Å². The molecule has 7 heteroatoms. The van der Waals surface area contributed by atoms with Gasteiger partial charge in [0.15, 0.2) is 0 Å². The standard InChI is InChI=1S/C24H24FN3O3/c1-13-10-14(2)19(18(29)11-13)21-20-22(27-26-21)24(30)28(12-17-4-3-9-31-17)23(20)15-5-7-16(25)8-6-15/h3-11,20-23,26-27,29H,12H2,1-2H3. The van der Waals surface area contributed by atoms with Crippen LogP contribution in [0.1, 0.15) is 40.1 Å². The number of furan rings is 1. The van der Waals surface area contributed by atoms with E-state index in [2.05, 4.69) is 10.9 Å². The highest BCUT2D eigenvalue weighted by atomic mass is 19.1. The van der Waals surface area contributed by atoms with Gasteiger partial charge in [0.05, 0.1) is 24.9 Å². The fourth-order valence-electron chi connectivity index (χ4n) is 5.11. The molecule has 2 aromatic carbocycles. The minimum Gasteiger partial charge on any atom is -0.508 e. The van der Waals surface area contributed by atoms with Gasteiger partial charge in [-0.25, -0.2) is 15.2 Å². The largest absolute Gasteiger partial charge is 0.508 e. The number of halogens is 1. The average Bonchev–Trinajstić information content (AvgIpc) is 3.43. The summed E-state index contributed by atoms with van der Waals surface area (Å²) in [7, 11) is 0. The molecule has 31 heavy (non-hydrogen) atoms. The monoisotopic (exact) mass is 421 g/mol. The van der Waals surface area contributed by atoms with Crippen LogP contribution in [0.15, 0.2) is 59.2 Å². The van der Waals surface area contributed by atoms with Gasteiger partial charge in [-0.2, -0.15) is 0 Å². The van der Waals surface area contributed by atoms with Gasteiger partial charge >= 0.3 is 0 Å². The van der Waals surface area contributed by atoms with E-state index in [1.807, 2.05) is 26.0 Å². The fourth-order valence-corrected chi connectivity index (χ4v) is 5.11. The van der Waals surface area contributed by atoms with Crippen LogP contribution < -0.4 is 10.9 Å². The van der Waals surface area contributed by atoms with Crippen molar-refractivity contribution in [3.05, 3.63) is 88.6 Å². The fraction of sp³-hybridized carbons (Fsp3) is 0.292. The summed E-state index contributed by atoms with van der Waals surface area (Å²) < 4.78 is 19.2. The summed E-state index contributed by atoms with van der Waals surface area (Å²) in [5, 5.41) is 10.8. The van der Waals surface area contributed by atoms with Crippen LogP contribution in [0.4, 0.5) is 4.39 Å². The lowest BCUT2D eigenvalue weighted by Crippen LogP contribution is -2.41. The van der Waals surface area contributed by atoms with E-state index in [-0.39, 0.29) is 35.5 Å². The van der Waals surface area contributed by atoms with Crippen molar-refractivity contribution in [1.29, 1.82) is 0 Å². The van der Waals surface area contributed by atoms with Gasteiger partial charge in [0.1, 0.15) is 23.4 Å². The number of benzene rings is 2. The number of phenolic OH excluding ortho intramolecular Hbond substituents is 1. The third-order valence-corrected chi connectivity index (χ3v) is 6.35. The first-order chi connectivity index (χ1) is 14.9. The zero-order chi connectivity index (χ0) is 21.7. The summed E-state index contributed by atoms with van der Waals surface area (Å²) in [6, 6.07) is 12.6. The van der Waals surface area contributed by atoms with Gasteiger partial charge in [0, 0.05) is 11.5 Å². The Morgan fingerprint density at radius 3 is 2.52 bits per heavy atom. The van der Waals surface area contributed by atoms with Gasteiger partial charge in [-0.3, -0.25) is 4.79 Å². The molecular formula is C24H24FN3O3. The van der Waals surface area contributed by atoms with Crippen molar-refractivity contribution in [2.75, 3.05) is 0 Å². The van der Waals surface area contributed by atoms with Crippen LogP contribution in [0, 0.1) is 25.6 Å². The number of carbonyl (C=O) groups is 1. The molecule has 1 amide bonds. The maximum absolute atomic E-state index is 13.7. The number of hydrogen-bond acceptors (Lipinski definition) is 5. The van der Waals surface area contributed by atoms with E-state index in [1.54, 1.807) is 35.4 Å². The van der Waals surface area contributed by atoms with Crippen molar-refractivity contribution >= 4 is 5.91 Å². The van der Waals surface area contributed by atoms with Crippen molar-refractivity contribution < 1.29 is 18.7 Å². The molecule has 0 saturated carbocycles. The Morgan fingerprint density at radius 1 is 1.10 bits per heavy atom. The molecule has 6 nitrogen and oxygen atoms in total. The van der Waals surface area contributed by atoms with Crippen LogP contribution in [-0.4, -0.2) is 22.0 Å². The maximum atomic E-state index is 13.7. The SMILES string of the molecule is Cc1cc(C)c(C2NNC3C(=O)N(Cc4ccco4)C(c4ccc(F)cc4)C32)c(O)c1. The zero-order valence-electron chi connectivity index (χ0n) is 17.3. The second-order valence-electron chi connectivity index (χ2n) is 8.38. The van der Waals surface area contributed by atoms with Gasteiger partial charge in [-0.15, -0.1) is 0 Å². The van der Waals surface area contributed by atoms with E-state index in [0.29, 0.717) is 12.3 Å². The Morgan fingerprint density at radius 2 is 1.84 bits per heavy atom. The number of hydrogen-bond donors (Lipinski definition) is 3. The van der Waals surface area contributed by atoms with Crippen LogP contribution in [0.25, 0.3) is 0 Å². The van der Waals surface area contributed by atoms with Crippen molar-refractivity contribution in [2.45, 2.75) is 38.5 Å². The molecule has 0 radical (unpaired) electrons. The number of nitrogens with one attached hydrogen (secondary N) is 2. The molecule has 4 unspecified atom stereocenters. The summed E-state index contributed by atoms with van der Waals surface area (Å²) in [5.74, 6) is 0.287. The lowest BCUT2D eigenvalue weighted by molar-refractivity contribution is -0.131. The lowest BCUT2D eigenvalue weighted by atomic mass is 9.81. The number of aryl methyl sites for hydroxylation is 2. The summed E-state index contributed by atoms with van der Waals surface area (Å²) in [6.07, 6.45) is 1.58. The van der Waals surface area contributed by atoms with Gasteiger partial charge < -0.3 is 14.4 Å². The summed E-state index contributed by atoms with van der Waals surface area (Å²) in [6.45, 7) is 4.21. The topological polar surface area (TPSA) is 77.7 Å². The molecule has 160 valence electrons. The molecule has 0 spiro atoms. The maximum Gasteiger partial charge on any atom is 0.242 e. The normalized spacial score (nSPS) is 25.3. The average molecular weight is 421 g/mol. The van der Waals surface area contributed by atoms with Crippen LogP contribution in [0.3, 0.4) is 0 Å². The second-order valence-corrected chi connectivity index (χ2v) is 8.38. The van der Waals surface area contributed by atoms with E-state index in [9.17, 15) is 14.3 Å². The number of amides is 1. The van der Waals surface area contributed by atoms with E-state index >= 15 is 0 Å². The predicted octanol–water partition coefficient (Wildman–Crippen LogP) is 3.66. The zero-order valence-corrected chi connectivity index (χ0v) is 17.3. The molecule has 0 bridgehead atoms. The molecule has 3 aromatic rings. The number of hydrazine groups is 1. The molecule has 3 N–H and O–H groups in total. The van der Waals surface area contributed by atoms with E-state index in [1.165, 1.54) is 12.1 Å². The second kappa shape index (κ2) is 7.51. The molecule has 2 aliphatic rings. The molecule has 2 fully saturated rings. The van der Waals surface area contributed by atoms with Crippen LogP contribution >= 0.6 is 0 Å². The number of likely N-dealkylation sites (tertiary alicyclic amines) is 1. The number of aromatic hydroxyl groups is 1. The Bertz CT molecular complexity index is 1090. The molecule has 3 heterocycles. The highest BCUT2D eigenvalue weighted by Gasteiger charge is 2.56. The Kier molecular flexibility index (Phi) is 4.79. The Balaban J connectivity index is 1.60. The summed E-state index contributed by atoms with van der Waals surface area (Å²) in [4.78, 5) is 15.2. The van der Waals surface area contributed by atoms with E-state index < -0.39 is 6.04 Å². The minimum absolute atomic E-state index is 0.0602. The van der Waals surface area contributed by atoms with Crippen LogP contribution in [-0.2, 0) is 11.3 Å². The van der Waals surface area contributed by atoms with Gasteiger partial charge in [0.25, 0.3) is 0 Å². The van der Waals surface area contributed by atoms with E-state index in [4.69, 9.17) is 4.42 Å². The highest BCUT2D eigenvalue weighted by molar-refractivity contribution is 5.86. The van der Waals surface area contributed by atoms with Crippen molar-refractivity contribution in [3.63, 3.8) is 0 Å². The smallest absolute Gasteiger partial charge is 0.242 e. The third kappa shape index (κ3) is 3.30. The number of nitrogens with zero attached hydrogens (tertiary/aromatic N) is 1. The Labute approximate surface area is 179 Å². The molecule has 5 rings (SSSR count). The number of carbonyl (C=O) groups excluding carboxylic acids is 1. The molecule has 0 aliphatic carbocycles. The molecular weight excluding hydrogens is 397 g/mol. The van der Waals surface area contributed by atoms with Gasteiger partial charge in [-0.1, -0.05) is 18.2 Å². The third-order valence-electron chi connectivity index (χ3n) is 6.35. The number of phenols is 1. The molecule has 4 atom stereocenters. The molecule has 2 aliphatic heterocycles. The summed E-state index contributed by atoms with van der Waals surface area (Å²) >= 11 is 0. The number of fused-ring (bicyclic) bond motifs is 1. The van der Waals surface area contributed by atoms with Gasteiger partial charge in [-0.05, 0) is 60.9 Å². The predicted molar refractivity (Wildman–Crippen MR) is 112 cm³/mol. The number of rotatable bonds is 4. The summed E-state index contributed by atoms with van der Waals surface area (Å²) in [5.41, 5.74) is 9.92. The first kappa shape index (κ1) is 19.8. The van der Waals surface area contributed by atoms with Gasteiger partial charge in [0.2, 0.25) is 5.91 Å². The first-order valence-corrected chi connectivity index (χ1v) is 10.3.